The maximum absolute atomic E-state index is 12.6. The number of carbonyl (C=O) groups is 3. The van der Waals surface area contributed by atoms with E-state index in [9.17, 15) is 35.9 Å². The number of halogens is 6. The van der Waals surface area contributed by atoms with Gasteiger partial charge in [0.25, 0.3) is 0 Å². The molecule has 2 N–H and O–H groups in total. The number of likely N-dealkylation sites (tertiary alicyclic amines) is 1. The number of amides is 3. The Bertz CT molecular complexity index is 660. The van der Waals surface area contributed by atoms with Crippen molar-refractivity contribution in [3.05, 3.63) is 0 Å². The Morgan fingerprint density at radius 2 is 1.68 bits per heavy atom. The van der Waals surface area contributed by atoms with E-state index in [1.54, 1.807) is 0 Å². The minimum Gasteiger partial charge on any atom is -0.475 e. The van der Waals surface area contributed by atoms with Gasteiger partial charge in [-0.15, -0.1) is 0 Å². The van der Waals surface area contributed by atoms with Gasteiger partial charge in [-0.3, -0.25) is 14.6 Å². The minimum absolute atomic E-state index is 0.0368. The van der Waals surface area contributed by atoms with Crippen LogP contribution in [-0.2, 0) is 9.59 Å². The molecule has 2 heterocycles. The van der Waals surface area contributed by atoms with Crippen LogP contribution in [-0.4, -0.2) is 77.9 Å². The molecule has 180 valence electrons. The lowest BCUT2D eigenvalue weighted by Gasteiger charge is -2.35. The molecule has 0 spiro atoms. The van der Waals surface area contributed by atoms with E-state index in [1.807, 2.05) is 20.8 Å². The Hall–Kier alpha value is -2.05. The second-order valence-corrected chi connectivity index (χ2v) is 8.90. The summed E-state index contributed by atoms with van der Waals surface area (Å²) < 4.78 is 69.1. The molecule has 2 fully saturated rings. The van der Waals surface area contributed by atoms with Crippen LogP contribution in [0.2, 0.25) is 0 Å². The molecule has 0 aromatic rings. The summed E-state index contributed by atoms with van der Waals surface area (Å²) in [4.78, 5) is 36.0. The largest absolute Gasteiger partial charge is 0.490 e. The number of hydrogen-bond donors (Lipinski definition) is 2. The number of carboxylic acids is 1. The van der Waals surface area contributed by atoms with E-state index in [0.717, 1.165) is 0 Å². The van der Waals surface area contributed by atoms with Gasteiger partial charge < -0.3 is 10.4 Å². The van der Waals surface area contributed by atoms with Gasteiger partial charge >= 0.3 is 24.4 Å². The SMILES string of the molecule is CC(C)(C)CC1CNC(=O)N(CC2CCN(CC(F)(F)F)C2)C1=O.O=C(O)C(F)(F)F. The molecule has 0 aromatic carbocycles. The topological polar surface area (TPSA) is 90.0 Å². The molecule has 13 heteroatoms. The van der Waals surface area contributed by atoms with Crippen molar-refractivity contribution < 1.29 is 45.8 Å². The Kier molecular flexibility index (Phi) is 8.75. The minimum atomic E-state index is -5.08. The second kappa shape index (κ2) is 10.0. The van der Waals surface area contributed by atoms with Crippen LogP contribution in [0, 0.1) is 17.3 Å². The van der Waals surface area contributed by atoms with E-state index < -0.39 is 30.9 Å². The summed E-state index contributed by atoms with van der Waals surface area (Å²) >= 11 is 0. The normalized spacial score (nSPS) is 23.3. The van der Waals surface area contributed by atoms with Gasteiger partial charge in [-0.05, 0) is 30.7 Å². The van der Waals surface area contributed by atoms with Crippen molar-refractivity contribution >= 4 is 17.9 Å². The summed E-state index contributed by atoms with van der Waals surface area (Å²) in [5.74, 6) is -3.33. The molecule has 31 heavy (non-hydrogen) atoms. The predicted molar refractivity (Wildman–Crippen MR) is 97.0 cm³/mol. The molecule has 2 unspecified atom stereocenters. The first-order valence-corrected chi connectivity index (χ1v) is 9.57. The fourth-order valence-corrected chi connectivity index (χ4v) is 3.50. The number of rotatable bonds is 4. The summed E-state index contributed by atoms with van der Waals surface area (Å²) in [7, 11) is 0. The first-order chi connectivity index (χ1) is 13.9. The monoisotopic (exact) mass is 463 g/mol. The van der Waals surface area contributed by atoms with Crippen LogP contribution < -0.4 is 5.32 Å². The number of nitrogens with zero attached hydrogens (tertiary/aromatic N) is 2. The fourth-order valence-electron chi connectivity index (χ4n) is 3.50. The molecule has 7 nitrogen and oxygen atoms in total. The third-order valence-electron chi connectivity index (χ3n) is 4.68. The molecular formula is C18H27F6N3O4. The van der Waals surface area contributed by atoms with Crippen molar-refractivity contribution in [2.75, 3.05) is 32.7 Å². The summed E-state index contributed by atoms with van der Waals surface area (Å²) in [6, 6.07) is -0.431. The van der Waals surface area contributed by atoms with Gasteiger partial charge in [-0.1, -0.05) is 20.8 Å². The standard InChI is InChI=1S/C16H26F3N3O2.C2HF3O2/c1-15(2,3)6-12-7-20-14(24)22(13(12)23)9-11-4-5-21(8-11)10-16(17,18)19;3-2(4,5)1(6)7/h11-12H,4-10H2,1-3H3,(H,20,24);(H,6,7). The van der Waals surface area contributed by atoms with Crippen LogP contribution in [0.25, 0.3) is 0 Å². The molecule has 0 bridgehead atoms. The molecule has 0 radical (unpaired) electrons. The lowest BCUT2D eigenvalue weighted by molar-refractivity contribution is -0.192. The van der Waals surface area contributed by atoms with Gasteiger partial charge in [0.2, 0.25) is 5.91 Å². The molecule has 0 saturated carbocycles. The van der Waals surface area contributed by atoms with Gasteiger partial charge in [0.15, 0.2) is 0 Å². The Balaban J connectivity index is 0.000000592. The highest BCUT2D eigenvalue weighted by Gasteiger charge is 2.40. The molecule has 2 saturated heterocycles. The average molecular weight is 463 g/mol. The van der Waals surface area contributed by atoms with Crippen molar-refractivity contribution in [1.29, 1.82) is 0 Å². The van der Waals surface area contributed by atoms with Gasteiger partial charge in [0, 0.05) is 19.6 Å². The zero-order chi connectivity index (χ0) is 24.2. The van der Waals surface area contributed by atoms with Crippen molar-refractivity contribution in [3.63, 3.8) is 0 Å². The van der Waals surface area contributed by atoms with Crippen LogP contribution >= 0.6 is 0 Å². The lowest BCUT2D eigenvalue weighted by Crippen LogP contribution is -2.56. The summed E-state index contributed by atoms with van der Waals surface area (Å²) in [6.45, 7) is 6.30. The average Bonchev–Trinajstić information content (AvgIpc) is 2.98. The highest BCUT2D eigenvalue weighted by molar-refractivity contribution is 5.98. The van der Waals surface area contributed by atoms with E-state index in [2.05, 4.69) is 5.32 Å². The molecule has 2 atom stereocenters. The third-order valence-corrected chi connectivity index (χ3v) is 4.68. The summed E-state index contributed by atoms with van der Waals surface area (Å²) in [5, 5.41) is 9.86. The number of alkyl halides is 6. The Labute approximate surface area is 175 Å². The first kappa shape index (κ1) is 27.0. The number of urea groups is 1. The van der Waals surface area contributed by atoms with E-state index in [1.165, 1.54) is 9.80 Å². The third kappa shape index (κ3) is 9.74. The zero-order valence-corrected chi connectivity index (χ0v) is 17.4. The molecule has 0 aliphatic carbocycles. The quantitative estimate of drug-likeness (QED) is 0.626. The summed E-state index contributed by atoms with van der Waals surface area (Å²) in [6.07, 6.45) is -8.07. The second-order valence-electron chi connectivity index (χ2n) is 8.90. The van der Waals surface area contributed by atoms with Gasteiger partial charge in [-0.25, -0.2) is 9.59 Å². The maximum Gasteiger partial charge on any atom is 0.490 e. The highest BCUT2D eigenvalue weighted by atomic mass is 19.4. The molecule has 0 aromatic heterocycles. The molecule has 2 rings (SSSR count). The van der Waals surface area contributed by atoms with Gasteiger partial charge in [-0.2, -0.15) is 26.3 Å². The van der Waals surface area contributed by atoms with Crippen molar-refractivity contribution in [2.24, 2.45) is 17.3 Å². The van der Waals surface area contributed by atoms with Crippen LogP contribution in [0.5, 0.6) is 0 Å². The van der Waals surface area contributed by atoms with Gasteiger partial charge in [0.05, 0.1) is 12.5 Å². The Morgan fingerprint density at radius 1 is 1.13 bits per heavy atom. The number of carboxylic acid groups (broad SMARTS) is 1. The van der Waals surface area contributed by atoms with Gasteiger partial charge in [0.1, 0.15) is 0 Å². The predicted octanol–water partition coefficient (Wildman–Crippen LogP) is 3.11. The molecule has 2 aliphatic heterocycles. The van der Waals surface area contributed by atoms with Crippen LogP contribution in [0.3, 0.4) is 0 Å². The van der Waals surface area contributed by atoms with E-state index in [0.29, 0.717) is 25.9 Å². The fraction of sp³-hybridized carbons (Fsp3) is 0.833. The highest BCUT2D eigenvalue weighted by Crippen LogP contribution is 2.28. The van der Waals surface area contributed by atoms with E-state index in [4.69, 9.17) is 9.90 Å². The van der Waals surface area contributed by atoms with E-state index in [-0.39, 0.29) is 36.2 Å². The van der Waals surface area contributed by atoms with E-state index >= 15 is 0 Å². The number of imide groups is 1. The maximum atomic E-state index is 12.6. The van der Waals surface area contributed by atoms with Crippen LogP contribution in [0.15, 0.2) is 0 Å². The zero-order valence-electron chi connectivity index (χ0n) is 17.4. The van der Waals surface area contributed by atoms with Crippen molar-refractivity contribution in [3.8, 4) is 0 Å². The number of carbonyl (C=O) groups excluding carboxylic acids is 2. The number of hydrogen-bond acceptors (Lipinski definition) is 4. The lowest BCUT2D eigenvalue weighted by atomic mass is 9.83. The van der Waals surface area contributed by atoms with Crippen LogP contribution in [0.4, 0.5) is 31.1 Å². The smallest absolute Gasteiger partial charge is 0.475 e. The van der Waals surface area contributed by atoms with Crippen molar-refractivity contribution in [2.45, 2.75) is 46.0 Å². The number of aliphatic carboxylic acids is 1. The van der Waals surface area contributed by atoms with Crippen LogP contribution in [0.1, 0.15) is 33.6 Å². The number of nitrogens with one attached hydrogen (secondary N) is 1. The molecule has 2 aliphatic rings. The van der Waals surface area contributed by atoms with Crippen molar-refractivity contribution in [1.82, 2.24) is 15.1 Å². The molecule has 3 amide bonds. The first-order valence-electron chi connectivity index (χ1n) is 9.57. The Morgan fingerprint density at radius 3 is 2.13 bits per heavy atom. The molecular weight excluding hydrogens is 436 g/mol. The summed E-state index contributed by atoms with van der Waals surface area (Å²) in [5.41, 5.74) is -0.0368.